The highest BCUT2D eigenvalue weighted by Gasteiger charge is 2.28. The number of carbonyl (C=O) groups is 1. The summed E-state index contributed by atoms with van der Waals surface area (Å²) in [5.74, 6) is 0.383. The van der Waals surface area contributed by atoms with Crippen LogP contribution in [-0.4, -0.2) is 34.9 Å². The molecule has 1 aromatic heterocycles. The SMILES string of the molecule is CC(C)(C)OC(=O)N1CCC(c2ccc[n+](O)c2)CC1. The molecule has 0 aromatic carbocycles. The molecular weight excluding hydrogens is 256 g/mol. The molecule has 20 heavy (non-hydrogen) atoms. The molecule has 1 saturated heterocycles. The van der Waals surface area contributed by atoms with Gasteiger partial charge in [0.05, 0.1) is 0 Å². The van der Waals surface area contributed by atoms with Gasteiger partial charge in [0.2, 0.25) is 12.4 Å². The molecule has 2 heterocycles. The molecule has 1 aliphatic rings. The Hall–Kier alpha value is -1.78. The summed E-state index contributed by atoms with van der Waals surface area (Å²) < 4.78 is 6.46. The molecule has 1 aromatic rings. The summed E-state index contributed by atoms with van der Waals surface area (Å²) in [6.45, 7) is 7.02. The lowest BCUT2D eigenvalue weighted by molar-refractivity contribution is -0.905. The Labute approximate surface area is 119 Å². The van der Waals surface area contributed by atoms with E-state index in [1.165, 1.54) is 0 Å². The van der Waals surface area contributed by atoms with Crippen molar-refractivity contribution in [3.8, 4) is 0 Å². The molecule has 0 bridgehead atoms. The topological polar surface area (TPSA) is 53.7 Å². The van der Waals surface area contributed by atoms with Gasteiger partial charge in [-0.2, -0.15) is 0 Å². The summed E-state index contributed by atoms with van der Waals surface area (Å²) in [5.41, 5.74) is 0.661. The van der Waals surface area contributed by atoms with Crippen molar-refractivity contribution in [1.29, 1.82) is 0 Å². The quantitative estimate of drug-likeness (QED) is 0.634. The second-order valence-electron chi connectivity index (χ2n) is 6.26. The summed E-state index contributed by atoms with van der Waals surface area (Å²) in [6.07, 6.45) is 4.88. The fourth-order valence-corrected chi connectivity index (χ4v) is 2.44. The van der Waals surface area contributed by atoms with Gasteiger partial charge in [0.25, 0.3) is 0 Å². The molecule has 0 atom stereocenters. The van der Waals surface area contributed by atoms with Crippen molar-refractivity contribution in [2.75, 3.05) is 13.1 Å². The lowest BCUT2D eigenvalue weighted by Crippen LogP contribution is -2.41. The number of ether oxygens (including phenoxy) is 1. The molecule has 110 valence electrons. The lowest BCUT2D eigenvalue weighted by atomic mass is 9.91. The lowest BCUT2D eigenvalue weighted by Gasteiger charge is -2.33. The Morgan fingerprint density at radius 3 is 2.60 bits per heavy atom. The Bertz CT molecular complexity index is 474. The van der Waals surface area contributed by atoms with Crippen LogP contribution in [0, 0.1) is 0 Å². The molecule has 0 aliphatic carbocycles. The number of hydrogen-bond acceptors (Lipinski definition) is 3. The minimum absolute atomic E-state index is 0.235. The number of hydrogen-bond donors (Lipinski definition) is 1. The fourth-order valence-electron chi connectivity index (χ4n) is 2.44. The van der Waals surface area contributed by atoms with E-state index in [0.717, 1.165) is 23.1 Å². The van der Waals surface area contributed by atoms with Crippen molar-refractivity contribution in [1.82, 2.24) is 4.90 Å². The molecule has 1 N–H and O–H groups in total. The molecule has 0 radical (unpaired) electrons. The van der Waals surface area contributed by atoms with E-state index in [2.05, 4.69) is 0 Å². The minimum atomic E-state index is -0.449. The fraction of sp³-hybridized carbons (Fsp3) is 0.600. The standard InChI is InChI=1S/C15H23N2O3/c1-15(2,3)20-14(18)16-9-6-12(7-10-16)13-5-4-8-17(19)11-13/h4-5,8,11-12,19H,6-7,9-10H2,1-3H3/q+1. The zero-order valence-electron chi connectivity index (χ0n) is 12.4. The molecule has 2 rings (SSSR count). The van der Waals surface area contributed by atoms with E-state index in [9.17, 15) is 10.0 Å². The second-order valence-corrected chi connectivity index (χ2v) is 6.26. The Morgan fingerprint density at radius 1 is 1.40 bits per heavy atom. The van der Waals surface area contributed by atoms with Crippen molar-refractivity contribution in [3.05, 3.63) is 30.1 Å². The van der Waals surface area contributed by atoms with Crippen LogP contribution in [0.5, 0.6) is 0 Å². The number of carbonyl (C=O) groups excluding carboxylic acids is 1. The number of likely N-dealkylation sites (tertiary alicyclic amines) is 1. The van der Waals surface area contributed by atoms with Crippen LogP contribution in [0.4, 0.5) is 4.79 Å². The number of amides is 1. The number of pyridine rings is 1. The summed E-state index contributed by atoms with van der Waals surface area (Å²) in [7, 11) is 0. The van der Waals surface area contributed by atoms with Crippen LogP contribution in [0.2, 0.25) is 0 Å². The van der Waals surface area contributed by atoms with Gasteiger partial charge in [-0.05, 0) is 45.6 Å². The van der Waals surface area contributed by atoms with Crippen molar-refractivity contribution < 1.29 is 19.5 Å². The van der Waals surface area contributed by atoms with Gasteiger partial charge in [-0.25, -0.2) is 4.79 Å². The van der Waals surface area contributed by atoms with Gasteiger partial charge in [0.15, 0.2) is 0 Å². The number of aromatic nitrogens is 1. The first-order valence-electron chi connectivity index (χ1n) is 7.03. The molecule has 5 nitrogen and oxygen atoms in total. The minimum Gasteiger partial charge on any atom is -0.444 e. The predicted molar refractivity (Wildman–Crippen MR) is 73.6 cm³/mol. The predicted octanol–water partition coefficient (Wildman–Crippen LogP) is 2.33. The normalized spacial score (nSPS) is 17.1. The van der Waals surface area contributed by atoms with Crippen LogP contribution in [0.25, 0.3) is 0 Å². The van der Waals surface area contributed by atoms with E-state index in [-0.39, 0.29) is 6.09 Å². The highest BCUT2D eigenvalue weighted by atomic mass is 16.6. The third kappa shape index (κ3) is 3.85. The van der Waals surface area contributed by atoms with Crippen LogP contribution >= 0.6 is 0 Å². The maximum atomic E-state index is 12.0. The average Bonchev–Trinajstić information content (AvgIpc) is 2.37. The van der Waals surface area contributed by atoms with Crippen molar-refractivity contribution >= 4 is 6.09 Å². The zero-order chi connectivity index (χ0) is 14.8. The monoisotopic (exact) mass is 279 g/mol. The van der Waals surface area contributed by atoms with E-state index in [1.807, 2.05) is 32.9 Å². The Kier molecular flexibility index (Phi) is 4.16. The molecular formula is C15H23N2O3+. The highest BCUT2D eigenvalue weighted by molar-refractivity contribution is 5.68. The van der Waals surface area contributed by atoms with Gasteiger partial charge in [0.1, 0.15) is 5.60 Å². The van der Waals surface area contributed by atoms with E-state index < -0.39 is 5.60 Å². The van der Waals surface area contributed by atoms with E-state index in [4.69, 9.17) is 4.74 Å². The van der Waals surface area contributed by atoms with E-state index in [0.29, 0.717) is 19.0 Å². The number of piperidine rings is 1. The Morgan fingerprint density at radius 2 is 2.05 bits per heavy atom. The summed E-state index contributed by atoms with van der Waals surface area (Å²) >= 11 is 0. The molecule has 0 spiro atoms. The van der Waals surface area contributed by atoms with Crippen molar-refractivity contribution in [2.24, 2.45) is 0 Å². The van der Waals surface area contributed by atoms with E-state index in [1.54, 1.807) is 17.3 Å². The van der Waals surface area contributed by atoms with Gasteiger partial charge < -0.3 is 9.64 Å². The molecule has 1 fully saturated rings. The maximum absolute atomic E-state index is 12.0. The second kappa shape index (κ2) is 5.69. The van der Waals surface area contributed by atoms with Gasteiger partial charge >= 0.3 is 6.09 Å². The average molecular weight is 279 g/mol. The third-order valence-corrected chi connectivity index (χ3v) is 3.43. The zero-order valence-corrected chi connectivity index (χ0v) is 12.4. The first kappa shape index (κ1) is 14.6. The third-order valence-electron chi connectivity index (χ3n) is 3.43. The maximum Gasteiger partial charge on any atom is 0.410 e. The largest absolute Gasteiger partial charge is 0.444 e. The smallest absolute Gasteiger partial charge is 0.410 e. The molecule has 5 heteroatoms. The Balaban J connectivity index is 1.91. The number of nitrogens with zero attached hydrogens (tertiary/aromatic N) is 2. The van der Waals surface area contributed by atoms with Crippen molar-refractivity contribution in [3.63, 3.8) is 0 Å². The summed E-state index contributed by atoms with van der Waals surface area (Å²) in [4.78, 5) is 13.7. The molecule has 0 unspecified atom stereocenters. The van der Waals surface area contributed by atoms with Gasteiger partial charge in [-0.3, -0.25) is 5.21 Å². The van der Waals surface area contributed by atoms with Gasteiger partial charge in [0, 0.05) is 29.4 Å². The van der Waals surface area contributed by atoms with E-state index >= 15 is 0 Å². The summed E-state index contributed by atoms with van der Waals surface area (Å²) in [5, 5.41) is 9.44. The van der Waals surface area contributed by atoms with Crippen LogP contribution in [0.15, 0.2) is 24.5 Å². The van der Waals surface area contributed by atoms with Crippen LogP contribution in [-0.2, 0) is 4.74 Å². The van der Waals surface area contributed by atoms with Crippen LogP contribution in [0.1, 0.15) is 45.1 Å². The van der Waals surface area contributed by atoms with Crippen LogP contribution < -0.4 is 4.73 Å². The first-order valence-corrected chi connectivity index (χ1v) is 7.03. The molecule has 1 aliphatic heterocycles. The van der Waals surface area contributed by atoms with Crippen LogP contribution in [0.3, 0.4) is 0 Å². The molecule has 1 amide bonds. The number of rotatable bonds is 1. The highest BCUT2D eigenvalue weighted by Crippen LogP contribution is 2.27. The first-order chi connectivity index (χ1) is 9.35. The summed E-state index contributed by atoms with van der Waals surface area (Å²) in [6, 6.07) is 3.84. The van der Waals surface area contributed by atoms with Gasteiger partial charge in [-0.1, -0.05) is 0 Å². The van der Waals surface area contributed by atoms with Crippen molar-refractivity contribution in [2.45, 2.75) is 45.1 Å². The van der Waals surface area contributed by atoms with Gasteiger partial charge in [-0.15, -0.1) is 0 Å². The molecule has 0 saturated carbocycles.